The molecule has 2 N–H and O–H groups in total. The van der Waals surface area contributed by atoms with Crippen LogP contribution in [0.5, 0.6) is 0 Å². The molecule has 1 saturated heterocycles. The van der Waals surface area contributed by atoms with Crippen LogP contribution < -0.4 is 10.6 Å². The van der Waals surface area contributed by atoms with Crippen LogP contribution in [0.1, 0.15) is 13.3 Å². The maximum Gasteiger partial charge on any atom is 0.191 e. The Bertz CT molecular complexity index is 427. The molecular formula is C12H20IN5S. The van der Waals surface area contributed by atoms with E-state index < -0.39 is 0 Å². The first-order valence-corrected chi connectivity index (χ1v) is 7.34. The SMILES string of the molecule is CC1CC1N=C(N)N1CCN(c2nccs2)CC1.I. The van der Waals surface area contributed by atoms with Crippen molar-refractivity contribution in [2.45, 2.75) is 19.4 Å². The molecule has 2 fully saturated rings. The molecule has 0 radical (unpaired) electrons. The fourth-order valence-corrected chi connectivity index (χ4v) is 2.93. The van der Waals surface area contributed by atoms with Crippen molar-refractivity contribution in [2.24, 2.45) is 16.6 Å². The van der Waals surface area contributed by atoms with Gasteiger partial charge in [0, 0.05) is 37.8 Å². The molecule has 106 valence electrons. The lowest BCUT2D eigenvalue weighted by Crippen LogP contribution is -2.51. The van der Waals surface area contributed by atoms with Gasteiger partial charge in [-0.25, -0.2) is 9.98 Å². The molecule has 3 rings (SSSR count). The van der Waals surface area contributed by atoms with Gasteiger partial charge in [0.2, 0.25) is 0 Å². The van der Waals surface area contributed by atoms with Gasteiger partial charge in [-0.05, 0) is 12.3 Å². The van der Waals surface area contributed by atoms with Crippen LogP contribution >= 0.6 is 35.3 Å². The number of anilines is 1. The highest BCUT2D eigenvalue weighted by molar-refractivity contribution is 14.0. The molecule has 0 bridgehead atoms. The third-order valence-electron chi connectivity index (χ3n) is 3.66. The minimum atomic E-state index is 0. The lowest BCUT2D eigenvalue weighted by atomic mass is 10.3. The van der Waals surface area contributed by atoms with Gasteiger partial charge in [-0.15, -0.1) is 35.3 Å². The highest BCUT2D eigenvalue weighted by Crippen LogP contribution is 2.32. The second-order valence-electron chi connectivity index (χ2n) is 5.06. The molecule has 0 amide bonds. The Morgan fingerprint density at radius 3 is 2.63 bits per heavy atom. The Balaban J connectivity index is 0.00000133. The second kappa shape index (κ2) is 6.25. The highest BCUT2D eigenvalue weighted by Gasteiger charge is 2.33. The molecule has 2 atom stereocenters. The number of aromatic nitrogens is 1. The van der Waals surface area contributed by atoms with Crippen molar-refractivity contribution >= 4 is 46.4 Å². The third kappa shape index (κ3) is 3.50. The molecule has 0 aromatic carbocycles. The van der Waals surface area contributed by atoms with E-state index in [4.69, 9.17) is 5.73 Å². The Hall–Kier alpha value is -0.570. The van der Waals surface area contributed by atoms with Crippen molar-refractivity contribution in [2.75, 3.05) is 31.1 Å². The third-order valence-corrected chi connectivity index (χ3v) is 4.49. The van der Waals surface area contributed by atoms with E-state index in [0.29, 0.717) is 6.04 Å². The lowest BCUT2D eigenvalue weighted by Gasteiger charge is -2.35. The maximum atomic E-state index is 6.06. The number of aliphatic imine (C=N–C) groups is 1. The van der Waals surface area contributed by atoms with E-state index >= 15 is 0 Å². The first kappa shape index (κ1) is 14.8. The normalized spacial score (nSPS) is 27.1. The number of piperazine rings is 1. The summed E-state index contributed by atoms with van der Waals surface area (Å²) in [6, 6.07) is 0.474. The molecule has 19 heavy (non-hydrogen) atoms. The van der Waals surface area contributed by atoms with Gasteiger partial charge in [-0.2, -0.15) is 0 Å². The van der Waals surface area contributed by atoms with Crippen LogP contribution in [0, 0.1) is 5.92 Å². The number of nitrogens with two attached hydrogens (primary N) is 1. The first-order valence-electron chi connectivity index (χ1n) is 6.46. The molecule has 0 spiro atoms. The fourth-order valence-electron chi connectivity index (χ4n) is 2.23. The van der Waals surface area contributed by atoms with E-state index in [1.54, 1.807) is 11.3 Å². The summed E-state index contributed by atoms with van der Waals surface area (Å²) in [5, 5.41) is 3.13. The van der Waals surface area contributed by atoms with Crippen molar-refractivity contribution in [3.63, 3.8) is 0 Å². The predicted molar refractivity (Wildman–Crippen MR) is 90.5 cm³/mol. The number of nitrogens with zero attached hydrogens (tertiary/aromatic N) is 4. The summed E-state index contributed by atoms with van der Waals surface area (Å²) in [6.07, 6.45) is 3.05. The second-order valence-corrected chi connectivity index (χ2v) is 5.93. The van der Waals surface area contributed by atoms with E-state index in [-0.39, 0.29) is 24.0 Å². The van der Waals surface area contributed by atoms with Gasteiger partial charge in [-0.1, -0.05) is 6.92 Å². The van der Waals surface area contributed by atoms with Gasteiger partial charge >= 0.3 is 0 Å². The molecule has 2 unspecified atom stereocenters. The molecule has 1 aliphatic carbocycles. The quantitative estimate of drug-likeness (QED) is 0.471. The number of hydrogen-bond acceptors (Lipinski definition) is 4. The molecule has 1 aliphatic heterocycles. The zero-order valence-electron chi connectivity index (χ0n) is 11.0. The summed E-state index contributed by atoms with van der Waals surface area (Å²) in [5.41, 5.74) is 6.06. The molecular weight excluding hydrogens is 373 g/mol. The molecule has 1 saturated carbocycles. The van der Waals surface area contributed by atoms with Crippen molar-refractivity contribution in [3.8, 4) is 0 Å². The molecule has 7 heteroatoms. The average Bonchev–Trinajstić information content (AvgIpc) is 2.88. The van der Waals surface area contributed by atoms with Crippen LogP contribution in [0.3, 0.4) is 0 Å². The first-order chi connectivity index (χ1) is 8.74. The summed E-state index contributed by atoms with van der Waals surface area (Å²) in [6.45, 7) is 6.06. The Kier molecular flexibility index (Phi) is 4.88. The van der Waals surface area contributed by atoms with Crippen molar-refractivity contribution in [1.29, 1.82) is 0 Å². The summed E-state index contributed by atoms with van der Waals surface area (Å²) in [5.74, 6) is 1.45. The number of rotatable bonds is 2. The van der Waals surface area contributed by atoms with Gasteiger partial charge in [-0.3, -0.25) is 0 Å². The molecule has 2 aliphatic rings. The number of thiazole rings is 1. The Morgan fingerprint density at radius 1 is 1.42 bits per heavy atom. The van der Waals surface area contributed by atoms with E-state index in [0.717, 1.165) is 43.2 Å². The predicted octanol–water partition coefficient (Wildman–Crippen LogP) is 1.61. The number of hydrogen-bond donors (Lipinski definition) is 1. The average molecular weight is 393 g/mol. The largest absolute Gasteiger partial charge is 0.370 e. The van der Waals surface area contributed by atoms with Crippen molar-refractivity contribution < 1.29 is 0 Å². The standard InChI is InChI=1S/C12H19N5S.HI/c1-9-8-10(9)15-11(13)16-3-5-17(6-4-16)12-14-2-7-18-12;/h2,7,9-10H,3-6,8H2,1H3,(H2,13,15);1H. The Morgan fingerprint density at radius 2 is 2.11 bits per heavy atom. The van der Waals surface area contributed by atoms with Crippen LogP contribution in [0.2, 0.25) is 0 Å². The van der Waals surface area contributed by atoms with Crippen LogP contribution in [-0.4, -0.2) is 48.1 Å². The topological polar surface area (TPSA) is 57.8 Å². The van der Waals surface area contributed by atoms with E-state index in [1.165, 1.54) is 6.42 Å². The van der Waals surface area contributed by atoms with E-state index in [9.17, 15) is 0 Å². The summed E-state index contributed by atoms with van der Waals surface area (Å²) < 4.78 is 0. The summed E-state index contributed by atoms with van der Waals surface area (Å²) >= 11 is 1.69. The van der Waals surface area contributed by atoms with Gasteiger partial charge in [0.15, 0.2) is 11.1 Å². The number of guanidine groups is 1. The molecule has 2 heterocycles. The van der Waals surface area contributed by atoms with E-state index in [1.807, 2.05) is 11.6 Å². The fraction of sp³-hybridized carbons (Fsp3) is 0.667. The van der Waals surface area contributed by atoms with E-state index in [2.05, 4.69) is 26.7 Å². The van der Waals surface area contributed by atoms with Crippen molar-refractivity contribution in [3.05, 3.63) is 11.6 Å². The summed E-state index contributed by atoms with van der Waals surface area (Å²) in [7, 11) is 0. The highest BCUT2D eigenvalue weighted by atomic mass is 127. The van der Waals surface area contributed by atoms with Crippen LogP contribution in [0.25, 0.3) is 0 Å². The van der Waals surface area contributed by atoms with Crippen LogP contribution in [0.4, 0.5) is 5.13 Å². The maximum absolute atomic E-state index is 6.06. The van der Waals surface area contributed by atoms with Gasteiger partial charge in [0.05, 0.1) is 6.04 Å². The molecule has 1 aromatic heterocycles. The zero-order chi connectivity index (χ0) is 12.5. The van der Waals surface area contributed by atoms with Crippen LogP contribution in [-0.2, 0) is 0 Å². The summed E-state index contributed by atoms with van der Waals surface area (Å²) in [4.78, 5) is 13.4. The minimum absolute atomic E-state index is 0. The van der Waals surface area contributed by atoms with Gasteiger partial charge in [0.25, 0.3) is 0 Å². The number of halogens is 1. The van der Waals surface area contributed by atoms with Crippen LogP contribution in [0.15, 0.2) is 16.6 Å². The smallest absolute Gasteiger partial charge is 0.191 e. The molecule has 1 aromatic rings. The minimum Gasteiger partial charge on any atom is -0.370 e. The van der Waals surface area contributed by atoms with Crippen molar-refractivity contribution in [1.82, 2.24) is 9.88 Å². The lowest BCUT2D eigenvalue weighted by molar-refractivity contribution is 0.380. The van der Waals surface area contributed by atoms with Gasteiger partial charge < -0.3 is 15.5 Å². The zero-order valence-corrected chi connectivity index (χ0v) is 14.2. The molecule has 5 nitrogen and oxygen atoms in total. The Labute approximate surface area is 134 Å². The monoisotopic (exact) mass is 393 g/mol. The van der Waals surface area contributed by atoms with Gasteiger partial charge in [0.1, 0.15) is 0 Å².